The van der Waals surface area contributed by atoms with Crippen LogP contribution in [0, 0.1) is 6.92 Å². The van der Waals surface area contributed by atoms with E-state index >= 15 is 0 Å². The fourth-order valence-electron chi connectivity index (χ4n) is 1.15. The number of halogens is 1. The van der Waals surface area contributed by atoms with Crippen LogP contribution in [0.4, 0.5) is 0 Å². The first-order valence-corrected chi connectivity index (χ1v) is 5.18. The van der Waals surface area contributed by atoms with Gasteiger partial charge in [0.2, 0.25) is 0 Å². The van der Waals surface area contributed by atoms with Gasteiger partial charge < -0.3 is 9.73 Å². The summed E-state index contributed by atoms with van der Waals surface area (Å²) in [4.78, 5) is 0. The number of aryl methyl sites for hydroxylation is 1. The summed E-state index contributed by atoms with van der Waals surface area (Å²) in [6.45, 7) is 3.91. The van der Waals surface area contributed by atoms with Crippen LogP contribution in [-0.2, 0) is 6.42 Å². The highest BCUT2D eigenvalue weighted by atomic mass is 35.5. The van der Waals surface area contributed by atoms with Gasteiger partial charge in [-0.3, -0.25) is 0 Å². The maximum Gasteiger partial charge on any atom is 0.105 e. The molecule has 1 heterocycles. The summed E-state index contributed by atoms with van der Waals surface area (Å²) >= 11 is 5.54. The minimum atomic E-state index is 0.729. The Morgan fingerprint density at radius 1 is 1.38 bits per heavy atom. The molecular formula is C10H16ClNO. The van der Waals surface area contributed by atoms with Crippen molar-refractivity contribution in [2.75, 3.05) is 19.0 Å². The number of hydrogen-bond donors (Lipinski definition) is 1. The Morgan fingerprint density at radius 2 is 2.23 bits per heavy atom. The molecule has 0 saturated heterocycles. The van der Waals surface area contributed by atoms with Gasteiger partial charge in [0, 0.05) is 18.8 Å². The normalized spacial score (nSPS) is 10.6. The van der Waals surface area contributed by atoms with E-state index in [0.717, 1.165) is 43.3 Å². The van der Waals surface area contributed by atoms with Crippen molar-refractivity contribution < 1.29 is 4.42 Å². The lowest BCUT2D eigenvalue weighted by molar-refractivity contribution is 0.475. The Morgan fingerprint density at radius 3 is 2.85 bits per heavy atom. The van der Waals surface area contributed by atoms with E-state index in [9.17, 15) is 0 Å². The van der Waals surface area contributed by atoms with E-state index in [1.54, 1.807) is 0 Å². The van der Waals surface area contributed by atoms with Gasteiger partial charge in [-0.1, -0.05) is 0 Å². The van der Waals surface area contributed by atoms with Crippen LogP contribution in [-0.4, -0.2) is 19.0 Å². The van der Waals surface area contributed by atoms with Gasteiger partial charge in [-0.05, 0) is 32.0 Å². The molecule has 0 fully saturated rings. The second kappa shape index (κ2) is 6.06. The first-order chi connectivity index (χ1) is 6.33. The highest BCUT2D eigenvalue weighted by molar-refractivity contribution is 6.17. The summed E-state index contributed by atoms with van der Waals surface area (Å²) < 4.78 is 5.42. The molecular weight excluding hydrogens is 186 g/mol. The number of hydrogen-bond acceptors (Lipinski definition) is 2. The van der Waals surface area contributed by atoms with E-state index < -0.39 is 0 Å². The van der Waals surface area contributed by atoms with Crippen LogP contribution < -0.4 is 5.32 Å². The van der Waals surface area contributed by atoms with Gasteiger partial charge in [-0.15, -0.1) is 11.6 Å². The van der Waals surface area contributed by atoms with Crippen molar-refractivity contribution in [2.45, 2.75) is 19.8 Å². The van der Waals surface area contributed by atoms with Crippen molar-refractivity contribution in [3.8, 4) is 0 Å². The molecule has 1 aromatic heterocycles. The van der Waals surface area contributed by atoms with E-state index in [1.807, 2.05) is 19.1 Å². The average Bonchev–Trinajstić information content (AvgIpc) is 2.51. The van der Waals surface area contributed by atoms with Crippen LogP contribution in [0.1, 0.15) is 17.9 Å². The molecule has 1 rings (SSSR count). The van der Waals surface area contributed by atoms with E-state index in [0.29, 0.717) is 0 Å². The molecule has 1 N–H and O–H groups in total. The largest absolute Gasteiger partial charge is 0.466 e. The number of furan rings is 1. The average molecular weight is 202 g/mol. The molecule has 74 valence electrons. The van der Waals surface area contributed by atoms with Crippen molar-refractivity contribution in [2.24, 2.45) is 0 Å². The summed E-state index contributed by atoms with van der Waals surface area (Å²) in [5.74, 6) is 2.76. The summed E-state index contributed by atoms with van der Waals surface area (Å²) in [7, 11) is 0. The van der Waals surface area contributed by atoms with Crippen LogP contribution >= 0.6 is 11.6 Å². The molecule has 0 atom stereocenters. The molecule has 13 heavy (non-hydrogen) atoms. The highest BCUT2D eigenvalue weighted by Gasteiger charge is 1.96. The standard InChI is InChI=1S/C10H16ClNO/c1-9-3-4-10(13-9)5-8-12-7-2-6-11/h3-4,12H,2,5-8H2,1H3. The molecule has 0 bridgehead atoms. The third-order valence-corrected chi connectivity index (χ3v) is 2.10. The van der Waals surface area contributed by atoms with Gasteiger partial charge in [-0.2, -0.15) is 0 Å². The molecule has 0 amide bonds. The Kier molecular flexibility index (Phi) is 4.94. The van der Waals surface area contributed by atoms with Crippen LogP contribution in [0.15, 0.2) is 16.5 Å². The van der Waals surface area contributed by atoms with Crippen molar-refractivity contribution >= 4 is 11.6 Å². The molecule has 0 aromatic carbocycles. The smallest absolute Gasteiger partial charge is 0.105 e. The van der Waals surface area contributed by atoms with Gasteiger partial charge in [0.15, 0.2) is 0 Å². The van der Waals surface area contributed by atoms with Gasteiger partial charge in [-0.25, -0.2) is 0 Å². The Balaban J connectivity index is 2.06. The molecule has 0 aliphatic heterocycles. The van der Waals surface area contributed by atoms with E-state index in [4.69, 9.17) is 16.0 Å². The zero-order valence-corrected chi connectivity index (χ0v) is 8.73. The zero-order valence-electron chi connectivity index (χ0n) is 7.98. The summed E-state index contributed by atoms with van der Waals surface area (Å²) in [6.07, 6.45) is 1.98. The SMILES string of the molecule is Cc1ccc(CCNCCCCl)o1. The molecule has 0 saturated carbocycles. The molecule has 2 nitrogen and oxygen atoms in total. The lowest BCUT2D eigenvalue weighted by atomic mass is 10.3. The molecule has 0 aliphatic carbocycles. The minimum absolute atomic E-state index is 0.729. The Bertz CT molecular complexity index is 235. The maximum absolute atomic E-state index is 5.54. The van der Waals surface area contributed by atoms with Crippen LogP contribution in [0.25, 0.3) is 0 Å². The monoisotopic (exact) mass is 201 g/mol. The first kappa shape index (κ1) is 10.6. The van der Waals surface area contributed by atoms with Gasteiger partial charge in [0.05, 0.1) is 0 Å². The predicted molar refractivity (Wildman–Crippen MR) is 55.4 cm³/mol. The first-order valence-electron chi connectivity index (χ1n) is 4.65. The summed E-state index contributed by atoms with van der Waals surface area (Å²) in [5.41, 5.74) is 0. The van der Waals surface area contributed by atoms with E-state index in [-0.39, 0.29) is 0 Å². The maximum atomic E-state index is 5.54. The lowest BCUT2D eigenvalue weighted by Gasteiger charge is -2.00. The lowest BCUT2D eigenvalue weighted by Crippen LogP contribution is -2.18. The topological polar surface area (TPSA) is 25.2 Å². The summed E-state index contributed by atoms with van der Waals surface area (Å²) in [5, 5.41) is 3.30. The third-order valence-electron chi connectivity index (χ3n) is 1.83. The van der Waals surface area contributed by atoms with Gasteiger partial charge in [0.25, 0.3) is 0 Å². The van der Waals surface area contributed by atoms with Crippen molar-refractivity contribution in [3.63, 3.8) is 0 Å². The predicted octanol–water partition coefficient (Wildman–Crippen LogP) is 2.35. The Labute approximate surface area is 84.3 Å². The second-order valence-corrected chi connectivity index (χ2v) is 3.43. The molecule has 1 aromatic rings. The molecule has 0 spiro atoms. The minimum Gasteiger partial charge on any atom is -0.466 e. The highest BCUT2D eigenvalue weighted by Crippen LogP contribution is 2.05. The molecule has 0 radical (unpaired) electrons. The molecule has 3 heteroatoms. The van der Waals surface area contributed by atoms with E-state index in [1.165, 1.54) is 0 Å². The quantitative estimate of drug-likeness (QED) is 0.565. The third kappa shape index (κ3) is 4.34. The second-order valence-electron chi connectivity index (χ2n) is 3.05. The fraction of sp³-hybridized carbons (Fsp3) is 0.600. The zero-order chi connectivity index (χ0) is 9.52. The van der Waals surface area contributed by atoms with Crippen LogP contribution in [0.2, 0.25) is 0 Å². The number of nitrogens with one attached hydrogen (secondary N) is 1. The van der Waals surface area contributed by atoms with Crippen molar-refractivity contribution in [1.82, 2.24) is 5.32 Å². The Hall–Kier alpha value is -0.470. The fourth-order valence-corrected chi connectivity index (χ4v) is 1.28. The van der Waals surface area contributed by atoms with Gasteiger partial charge in [0.1, 0.15) is 11.5 Å². The van der Waals surface area contributed by atoms with E-state index in [2.05, 4.69) is 5.32 Å². The van der Waals surface area contributed by atoms with Crippen LogP contribution in [0.3, 0.4) is 0 Å². The number of alkyl halides is 1. The summed E-state index contributed by atoms with van der Waals surface area (Å²) in [6, 6.07) is 4.02. The van der Waals surface area contributed by atoms with Crippen molar-refractivity contribution in [1.29, 1.82) is 0 Å². The van der Waals surface area contributed by atoms with Crippen LogP contribution in [0.5, 0.6) is 0 Å². The van der Waals surface area contributed by atoms with Gasteiger partial charge >= 0.3 is 0 Å². The van der Waals surface area contributed by atoms with Crippen molar-refractivity contribution in [3.05, 3.63) is 23.7 Å². The number of rotatable bonds is 6. The molecule has 0 unspecified atom stereocenters. The molecule has 0 aliphatic rings.